The number of carbonyl (C=O) groups excluding carboxylic acids is 1. The maximum absolute atomic E-state index is 11.5. The molecule has 3 N–H and O–H groups in total. The van der Waals surface area contributed by atoms with Crippen LogP contribution < -0.4 is 20.7 Å². The number of hydrogen-bond acceptors (Lipinski definition) is 3. The minimum Gasteiger partial charge on any atom is -0.496 e. The third kappa shape index (κ3) is 6.47. The molecule has 0 saturated carbocycles. The first-order chi connectivity index (χ1) is 10.7. The minimum absolute atomic E-state index is 0.0328. The Morgan fingerprint density at radius 2 is 1.95 bits per heavy atom. The van der Waals surface area contributed by atoms with Crippen LogP contribution in [0.1, 0.15) is 18.9 Å². The van der Waals surface area contributed by atoms with Crippen molar-refractivity contribution in [1.29, 1.82) is 0 Å². The molecule has 1 amide bonds. The van der Waals surface area contributed by atoms with Crippen LogP contribution in [0.15, 0.2) is 29.3 Å². The predicted molar refractivity (Wildman–Crippen MR) is 89.4 cm³/mol. The van der Waals surface area contributed by atoms with Crippen LogP contribution in [0.3, 0.4) is 0 Å². The fourth-order valence-corrected chi connectivity index (χ4v) is 1.94. The Hall–Kier alpha value is -2.24. The third-order valence-electron chi connectivity index (χ3n) is 3.09. The number of nitrogens with zero attached hydrogens (tertiary/aromatic N) is 1. The van der Waals surface area contributed by atoms with Gasteiger partial charge < -0.3 is 20.7 Å². The molecular formula is C16H26N4O2. The van der Waals surface area contributed by atoms with E-state index in [9.17, 15) is 4.79 Å². The number of benzene rings is 1. The molecule has 22 heavy (non-hydrogen) atoms. The first-order valence-corrected chi connectivity index (χ1v) is 7.54. The van der Waals surface area contributed by atoms with Gasteiger partial charge in [0.2, 0.25) is 5.91 Å². The number of rotatable bonds is 8. The fourth-order valence-electron chi connectivity index (χ4n) is 1.94. The minimum atomic E-state index is -0.0328. The lowest BCUT2D eigenvalue weighted by Crippen LogP contribution is -2.43. The van der Waals surface area contributed by atoms with E-state index in [2.05, 4.69) is 20.9 Å². The summed E-state index contributed by atoms with van der Waals surface area (Å²) >= 11 is 0. The van der Waals surface area contributed by atoms with Gasteiger partial charge >= 0.3 is 0 Å². The number of nitrogens with one attached hydrogen (secondary N) is 3. The summed E-state index contributed by atoms with van der Waals surface area (Å²) < 4.78 is 5.32. The van der Waals surface area contributed by atoms with E-state index in [1.54, 1.807) is 14.2 Å². The zero-order valence-corrected chi connectivity index (χ0v) is 13.6. The number of hydrogen-bond donors (Lipinski definition) is 3. The first-order valence-electron chi connectivity index (χ1n) is 7.54. The summed E-state index contributed by atoms with van der Waals surface area (Å²) in [7, 11) is 3.35. The number of guanidine groups is 1. The largest absolute Gasteiger partial charge is 0.496 e. The molecule has 122 valence electrons. The Kier molecular flexibility index (Phi) is 8.49. The average Bonchev–Trinajstić information content (AvgIpc) is 2.56. The van der Waals surface area contributed by atoms with Gasteiger partial charge in [-0.25, -0.2) is 0 Å². The summed E-state index contributed by atoms with van der Waals surface area (Å²) in [5.74, 6) is 1.46. The molecule has 0 aliphatic heterocycles. The molecular weight excluding hydrogens is 280 g/mol. The Morgan fingerprint density at radius 3 is 2.64 bits per heavy atom. The number of amides is 1. The highest BCUT2D eigenvalue weighted by Crippen LogP contribution is 2.17. The fraction of sp³-hybridized carbons (Fsp3) is 0.500. The van der Waals surface area contributed by atoms with Crippen LogP contribution in [0.25, 0.3) is 0 Å². The van der Waals surface area contributed by atoms with Crippen molar-refractivity contribution in [3.8, 4) is 5.75 Å². The number of methoxy groups -OCH3 is 1. The van der Waals surface area contributed by atoms with Crippen LogP contribution in [0, 0.1) is 0 Å². The number of carbonyl (C=O) groups is 1. The van der Waals surface area contributed by atoms with Gasteiger partial charge in [0.1, 0.15) is 5.75 Å². The van der Waals surface area contributed by atoms with Crippen LogP contribution in [-0.4, -0.2) is 45.7 Å². The maximum Gasteiger partial charge on any atom is 0.239 e. The topological polar surface area (TPSA) is 74.8 Å². The lowest BCUT2D eigenvalue weighted by molar-refractivity contribution is -0.120. The van der Waals surface area contributed by atoms with Crippen LogP contribution >= 0.6 is 0 Å². The van der Waals surface area contributed by atoms with E-state index >= 15 is 0 Å². The molecule has 1 aromatic rings. The van der Waals surface area contributed by atoms with Gasteiger partial charge in [0.25, 0.3) is 0 Å². The van der Waals surface area contributed by atoms with Crippen LogP contribution in [0.4, 0.5) is 0 Å². The molecule has 0 aliphatic rings. The van der Waals surface area contributed by atoms with Crippen molar-refractivity contribution in [2.45, 2.75) is 19.8 Å². The van der Waals surface area contributed by atoms with E-state index in [1.807, 2.05) is 31.2 Å². The number of aliphatic imine (C=N–C) groups is 1. The molecule has 0 radical (unpaired) electrons. The molecule has 0 fully saturated rings. The number of para-hydroxylation sites is 1. The van der Waals surface area contributed by atoms with Crippen molar-refractivity contribution in [2.24, 2.45) is 4.99 Å². The lowest BCUT2D eigenvalue weighted by atomic mass is 10.1. The van der Waals surface area contributed by atoms with Crippen molar-refractivity contribution < 1.29 is 9.53 Å². The summed E-state index contributed by atoms with van der Waals surface area (Å²) in [4.78, 5) is 15.6. The molecule has 0 aromatic heterocycles. The second-order valence-electron chi connectivity index (χ2n) is 4.76. The molecule has 1 aromatic carbocycles. The third-order valence-corrected chi connectivity index (χ3v) is 3.09. The zero-order chi connectivity index (χ0) is 16.2. The van der Waals surface area contributed by atoms with Gasteiger partial charge in [0.15, 0.2) is 5.96 Å². The molecule has 6 heteroatoms. The Balaban J connectivity index is 2.34. The van der Waals surface area contributed by atoms with Crippen molar-refractivity contribution >= 4 is 11.9 Å². The Morgan fingerprint density at radius 1 is 1.18 bits per heavy atom. The Bertz CT molecular complexity index is 489. The van der Waals surface area contributed by atoms with Crippen LogP contribution in [0.5, 0.6) is 5.75 Å². The van der Waals surface area contributed by atoms with Gasteiger partial charge in [-0.2, -0.15) is 0 Å². The van der Waals surface area contributed by atoms with Crippen molar-refractivity contribution in [3.63, 3.8) is 0 Å². The normalized spacial score (nSPS) is 11.0. The average molecular weight is 306 g/mol. The summed E-state index contributed by atoms with van der Waals surface area (Å²) in [6, 6.07) is 7.92. The molecule has 0 heterocycles. The molecule has 0 bridgehead atoms. The second-order valence-corrected chi connectivity index (χ2v) is 4.76. The summed E-state index contributed by atoms with van der Waals surface area (Å²) in [5.41, 5.74) is 1.13. The van der Waals surface area contributed by atoms with Gasteiger partial charge in [-0.15, -0.1) is 0 Å². The SMILES string of the molecule is CCCNC(=O)CNC(=NC)NCCc1ccccc1OC. The molecule has 0 unspecified atom stereocenters. The summed E-state index contributed by atoms with van der Waals surface area (Å²) in [6.45, 7) is 3.64. The van der Waals surface area contributed by atoms with Gasteiger partial charge in [0.05, 0.1) is 13.7 Å². The zero-order valence-electron chi connectivity index (χ0n) is 13.6. The molecule has 1 rings (SSSR count). The van der Waals surface area contributed by atoms with Gasteiger partial charge in [0, 0.05) is 20.1 Å². The van der Waals surface area contributed by atoms with E-state index in [-0.39, 0.29) is 12.5 Å². The smallest absolute Gasteiger partial charge is 0.239 e. The first kappa shape index (κ1) is 17.8. The van der Waals surface area contributed by atoms with Crippen molar-refractivity contribution in [1.82, 2.24) is 16.0 Å². The second kappa shape index (κ2) is 10.5. The van der Waals surface area contributed by atoms with Crippen molar-refractivity contribution in [3.05, 3.63) is 29.8 Å². The van der Waals surface area contributed by atoms with E-state index in [1.165, 1.54) is 0 Å². The molecule has 0 spiro atoms. The highest BCUT2D eigenvalue weighted by molar-refractivity contribution is 5.86. The molecule has 0 atom stereocenters. The van der Waals surface area contributed by atoms with Crippen LogP contribution in [0.2, 0.25) is 0 Å². The number of ether oxygens (including phenoxy) is 1. The standard InChI is InChI=1S/C16H26N4O2/c1-4-10-18-15(21)12-20-16(17-2)19-11-9-13-7-5-6-8-14(13)22-3/h5-8H,4,9-12H2,1-3H3,(H,18,21)(H2,17,19,20). The monoisotopic (exact) mass is 306 g/mol. The molecule has 6 nitrogen and oxygen atoms in total. The molecule has 0 aliphatic carbocycles. The van der Waals surface area contributed by atoms with E-state index in [0.717, 1.165) is 24.2 Å². The summed E-state index contributed by atoms with van der Waals surface area (Å²) in [6.07, 6.45) is 1.74. The van der Waals surface area contributed by atoms with Gasteiger partial charge in [-0.05, 0) is 24.5 Å². The van der Waals surface area contributed by atoms with E-state index < -0.39 is 0 Å². The van der Waals surface area contributed by atoms with Gasteiger partial charge in [-0.1, -0.05) is 25.1 Å². The predicted octanol–water partition coefficient (Wildman–Crippen LogP) is 0.929. The highest BCUT2D eigenvalue weighted by Gasteiger charge is 2.04. The van der Waals surface area contributed by atoms with E-state index in [4.69, 9.17) is 4.74 Å². The van der Waals surface area contributed by atoms with Gasteiger partial charge in [-0.3, -0.25) is 9.79 Å². The van der Waals surface area contributed by atoms with E-state index in [0.29, 0.717) is 19.0 Å². The quantitative estimate of drug-likeness (QED) is 0.493. The van der Waals surface area contributed by atoms with Crippen molar-refractivity contribution in [2.75, 3.05) is 33.8 Å². The lowest BCUT2D eigenvalue weighted by Gasteiger charge is -2.13. The Labute approximate surface area is 132 Å². The maximum atomic E-state index is 11.5. The summed E-state index contributed by atoms with van der Waals surface area (Å²) in [5, 5.41) is 8.98. The highest BCUT2D eigenvalue weighted by atomic mass is 16.5. The molecule has 0 saturated heterocycles. The van der Waals surface area contributed by atoms with Crippen LogP contribution in [-0.2, 0) is 11.2 Å².